The molecule has 2 rings (SSSR count). The molecule has 18 heavy (non-hydrogen) atoms. The molecule has 98 valence electrons. The van der Waals surface area contributed by atoms with E-state index >= 15 is 0 Å². The van der Waals surface area contributed by atoms with Gasteiger partial charge in [0, 0.05) is 11.1 Å². The Kier molecular flexibility index (Phi) is 3.77. The van der Waals surface area contributed by atoms with E-state index in [4.69, 9.17) is 4.52 Å². The summed E-state index contributed by atoms with van der Waals surface area (Å²) in [6, 6.07) is 0. The Morgan fingerprint density at radius 2 is 2.17 bits per heavy atom. The first-order chi connectivity index (χ1) is 8.51. The number of rotatable bonds is 5. The Labute approximate surface area is 111 Å². The molecular formula is C12H18N4OS. The maximum atomic E-state index is 5.31. The van der Waals surface area contributed by atoms with Crippen LogP contribution in [0.2, 0.25) is 0 Å². The highest BCUT2D eigenvalue weighted by atomic mass is 32.1. The fourth-order valence-electron chi connectivity index (χ4n) is 1.72. The molecule has 2 aromatic rings. The lowest BCUT2D eigenvalue weighted by Crippen LogP contribution is -2.36. The Morgan fingerprint density at radius 1 is 1.39 bits per heavy atom. The van der Waals surface area contributed by atoms with Crippen molar-refractivity contribution in [3.05, 3.63) is 27.8 Å². The van der Waals surface area contributed by atoms with Crippen LogP contribution in [0.15, 0.2) is 9.90 Å². The minimum absolute atomic E-state index is 0.293. The maximum absolute atomic E-state index is 5.31. The summed E-state index contributed by atoms with van der Waals surface area (Å²) >= 11 is 1.62. The van der Waals surface area contributed by atoms with Gasteiger partial charge >= 0.3 is 0 Å². The van der Waals surface area contributed by atoms with Crippen LogP contribution in [0.5, 0.6) is 0 Å². The van der Waals surface area contributed by atoms with Gasteiger partial charge in [0.05, 0.1) is 12.0 Å². The van der Waals surface area contributed by atoms with Gasteiger partial charge in [-0.1, -0.05) is 12.1 Å². The molecule has 0 spiro atoms. The summed E-state index contributed by atoms with van der Waals surface area (Å²) in [5.41, 5.74) is 0.741. The van der Waals surface area contributed by atoms with Crippen LogP contribution >= 0.6 is 11.3 Å². The van der Waals surface area contributed by atoms with Gasteiger partial charge in [-0.2, -0.15) is 4.98 Å². The monoisotopic (exact) mass is 266 g/mol. The first kappa shape index (κ1) is 13.2. The van der Waals surface area contributed by atoms with Gasteiger partial charge in [0.1, 0.15) is 5.01 Å². The van der Waals surface area contributed by atoms with Crippen molar-refractivity contribution in [2.24, 2.45) is 0 Å². The van der Waals surface area contributed by atoms with Crippen LogP contribution in [0.25, 0.3) is 0 Å². The van der Waals surface area contributed by atoms with Crippen molar-refractivity contribution < 1.29 is 4.52 Å². The predicted octanol–water partition coefficient (Wildman–Crippen LogP) is 2.27. The minimum atomic E-state index is -0.293. The van der Waals surface area contributed by atoms with Crippen LogP contribution in [-0.4, -0.2) is 21.7 Å². The molecular weight excluding hydrogens is 248 g/mol. The largest absolute Gasteiger partial charge is 0.337 e. The van der Waals surface area contributed by atoms with Crippen molar-refractivity contribution >= 4 is 11.3 Å². The lowest BCUT2D eigenvalue weighted by Gasteiger charge is -2.20. The standard InChI is InChI=1S/C12H18N4OS/c1-5-13-12(3,4)11-15-9(16-17-11)6-10-14-8(2)7-18-10/h7,13H,5-6H2,1-4H3. The Hall–Kier alpha value is -1.27. The van der Waals surface area contributed by atoms with Crippen molar-refractivity contribution in [2.75, 3.05) is 6.54 Å². The molecule has 6 heteroatoms. The van der Waals surface area contributed by atoms with Gasteiger partial charge in [0.25, 0.3) is 0 Å². The quantitative estimate of drug-likeness (QED) is 0.899. The molecule has 5 nitrogen and oxygen atoms in total. The average molecular weight is 266 g/mol. The second-order valence-electron chi connectivity index (χ2n) is 4.73. The molecule has 1 N–H and O–H groups in total. The highest BCUT2D eigenvalue weighted by molar-refractivity contribution is 7.09. The normalized spacial score (nSPS) is 12.0. The Morgan fingerprint density at radius 3 is 2.78 bits per heavy atom. The van der Waals surface area contributed by atoms with Gasteiger partial charge in [-0.25, -0.2) is 4.98 Å². The molecule has 0 fully saturated rings. The van der Waals surface area contributed by atoms with Gasteiger partial charge < -0.3 is 9.84 Å². The van der Waals surface area contributed by atoms with Gasteiger partial charge in [0.15, 0.2) is 5.82 Å². The highest BCUT2D eigenvalue weighted by Crippen LogP contribution is 2.19. The van der Waals surface area contributed by atoms with Crippen LogP contribution in [0, 0.1) is 6.92 Å². The summed E-state index contributed by atoms with van der Waals surface area (Å²) in [4.78, 5) is 8.83. The number of aromatic nitrogens is 3. The van der Waals surface area contributed by atoms with Crippen molar-refractivity contribution in [1.29, 1.82) is 0 Å². The number of thiazole rings is 1. The van der Waals surface area contributed by atoms with Crippen LogP contribution in [-0.2, 0) is 12.0 Å². The van der Waals surface area contributed by atoms with E-state index in [1.54, 1.807) is 11.3 Å². The molecule has 2 aromatic heterocycles. The smallest absolute Gasteiger partial charge is 0.246 e. The zero-order chi connectivity index (χ0) is 13.2. The molecule has 0 aliphatic rings. The van der Waals surface area contributed by atoms with E-state index in [2.05, 4.69) is 27.4 Å². The van der Waals surface area contributed by atoms with E-state index in [1.807, 2.05) is 26.2 Å². The summed E-state index contributed by atoms with van der Waals surface area (Å²) in [6.45, 7) is 8.95. The minimum Gasteiger partial charge on any atom is -0.337 e. The molecule has 0 saturated carbocycles. The van der Waals surface area contributed by atoms with E-state index in [0.29, 0.717) is 18.1 Å². The van der Waals surface area contributed by atoms with Crippen LogP contribution in [0.3, 0.4) is 0 Å². The molecule has 0 aromatic carbocycles. The zero-order valence-electron chi connectivity index (χ0n) is 11.1. The number of nitrogens with zero attached hydrogens (tertiary/aromatic N) is 3. The van der Waals surface area contributed by atoms with Crippen molar-refractivity contribution in [3.63, 3.8) is 0 Å². The predicted molar refractivity (Wildman–Crippen MR) is 70.7 cm³/mol. The number of hydrogen-bond acceptors (Lipinski definition) is 6. The Bertz CT molecular complexity index is 518. The number of nitrogens with one attached hydrogen (secondary N) is 1. The zero-order valence-corrected chi connectivity index (χ0v) is 12.0. The molecule has 0 aliphatic carbocycles. The van der Waals surface area contributed by atoms with E-state index in [9.17, 15) is 0 Å². The molecule has 0 unspecified atom stereocenters. The van der Waals surface area contributed by atoms with Crippen molar-refractivity contribution in [2.45, 2.75) is 39.7 Å². The summed E-state index contributed by atoms with van der Waals surface area (Å²) in [7, 11) is 0. The van der Waals surface area contributed by atoms with Crippen molar-refractivity contribution in [1.82, 2.24) is 20.4 Å². The fraction of sp³-hybridized carbons (Fsp3) is 0.583. The first-order valence-electron chi connectivity index (χ1n) is 6.00. The molecule has 0 amide bonds. The summed E-state index contributed by atoms with van der Waals surface area (Å²) in [5, 5.41) is 10.4. The second-order valence-corrected chi connectivity index (χ2v) is 5.67. The van der Waals surface area contributed by atoms with Gasteiger partial charge in [-0.15, -0.1) is 11.3 Å². The lowest BCUT2D eigenvalue weighted by atomic mass is 10.1. The Balaban J connectivity index is 2.11. The number of aryl methyl sites for hydroxylation is 1. The molecule has 2 heterocycles. The molecule has 0 atom stereocenters. The van der Waals surface area contributed by atoms with Crippen LogP contribution in [0.4, 0.5) is 0 Å². The van der Waals surface area contributed by atoms with Crippen LogP contribution < -0.4 is 5.32 Å². The summed E-state index contributed by atoms with van der Waals surface area (Å²) in [5.74, 6) is 1.30. The fourth-order valence-corrected chi connectivity index (χ4v) is 2.48. The topological polar surface area (TPSA) is 63.8 Å². The molecule has 0 saturated heterocycles. The van der Waals surface area contributed by atoms with E-state index in [1.165, 1.54) is 0 Å². The average Bonchev–Trinajstić information content (AvgIpc) is 2.89. The third kappa shape index (κ3) is 2.94. The second kappa shape index (κ2) is 5.16. The number of hydrogen-bond donors (Lipinski definition) is 1. The first-order valence-corrected chi connectivity index (χ1v) is 6.88. The van der Waals surface area contributed by atoms with E-state index in [-0.39, 0.29) is 5.54 Å². The highest BCUT2D eigenvalue weighted by Gasteiger charge is 2.26. The third-order valence-electron chi connectivity index (χ3n) is 2.60. The lowest BCUT2D eigenvalue weighted by molar-refractivity contribution is 0.271. The van der Waals surface area contributed by atoms with Gasteiger partial charge in [0.2, 0.25) is 5.89 Å². The molecule has 0 radical (unpaired) electrons. The summed E-state index contributed by atoms with van der Waals surface area (Å²) < 4.78 is 5.31. The van der Waals surface area contributed by atoms with Gasteiger partial charge in [-0.05, 0) is 27.3 Å². The molecule has 0 bridgehead atoms. The van der Waals surface area contributed by atoms with Crippen molar-refractivity contribution in [3.8, 4) is 0 Å². The van der Waals surface area contributed by atoms with E-state index in [0.717, 1.165) is 17.2 Å². The van der Waals surface area contributed by atoms with Gasteiger partial charge in [-0.3, -0.25) is 0 Å². The maximum Gasteiger partial charge on any atom is 0.246 e. The SMILES string of the molecule is CCNC(C)(C)c1nc(Cc2nc(C)cs2)no1. The van der Waals surface area contributed by atoms with E-state index < -0.39 is 0 Å². The van der Waals surface area contributed by atoms with Crippen LogP contribution in [0.1, 0.15) is 43.2 Å². The molecule has 0 aliphatic heterocycles. The third-order valence-corrected chi connectivity index (χ3v) is 3.56. The summed E-state index contributed by atoms with van der Waals surface area (Å²) in [6.07, 6.45) is 0.629.